The number of nitrogens with zero attached hydrogens (tertiary/aromatic N) is 2. The second-order valence-electron chi connectivity index (χ2n) is 6.37. The van der Waals surface area contributed by atoms with Crippen LogP contribution in [0.1, 0.15) is 11.4 Å². The summed E-state index contributed by atoms with van der Waals surface area (Å²) in [6.07, 6.45) is 0. The highest BCUT2D eigenvalue weighted by Crippen LogP contribution is 2.24. The maximum Gasteiger partial charge on any atom is 0.265 e. The SMILES string of the molecule is Cc1nn(C)c(C)c1S(=O)(=O)Nc1ccc(S(=O)(=O)Nc2ccc(Cl)cc2)cc1. The van der Waals surface area contributed by atoms with Gasteiger partial charge in [-0.3, -0.25) is 14.1 Å². The smallest absolute Gasteiger partial charge is 0.265 e. The number of hydrogen-bond acceptors (Lipinski definition) is 5. The Bertz CT molecular complexity index is 1250. The Hall–Kier alpha value is -2.56. The summed E-state index contributed by atoms with van der Waals surface area (Å²) < 4.78 is 56.8. The second kappa shape index (κ2) is 7.69. The molecule has 1 heterocycles. The first-order valence-electron chi connectivity index (χ1n) is 8.41. The normalized spacial score (nSPS) is 12.0. The van der Waals surface area contributed by atoms with Gasteiger partial charge in [0.1, 0.15) is 4.90 Å². The van der Waals surface area contributed by atoms with Crippen LogP contribution in [0.15, 0.2) is 58.3 Å². The molecule has 2 aromatic carbocycles. The number of sulfonamides is 2. The Morgan fingerprint density at radius 3 is 1.79 bits per heavy atom. The van der Waals surface area contributed by atoms with E-state index in [1.807, 2.05) is 0 Å². The van der Waals surface area contributed by atoms with Crippen LogP contribution in [-0.2, 0) is 27.1 Å². The summed E-state index contributed by atoms with van der Waals surface area (Å²) in [6.45, 7) is 3.27. The van der Waals surface area contributed by atoms with Crippen molar-refractivity contribution in [2.75, 3.05) is 9.44 Å². The van der Waals surface area contributed by atoms with E-state index in [-0.39, 0.29) is 15.5 Å². The zero-order chi connectivity index (χ0) is 21.4. The topological polar surface area (TPSA) is 110 Å². The number of anilines is 2. The van der Waals surface area contributed by atoms with Gasteiger partial charge in [-0.2, -0.15) is 5.10 Å². The van der Waals surface area contributed by atoms with Crippen LogP contribution in [0.3, 0.4) is 0 Å². The molecule has 3 aromatic rings. The van der Waals surface area contributed by atoms with Gasteiger partial charge in [-0.1, -0.05) is 11.6 Å². The average molecular weight is 455 g/mol. The molecule has 0 atom stereocenters. The molecule has 0 aliphatic heterocycles. The maximum absolute atomic E-state index is 12.7. The largest absolute Gasteiger partial charge is 0.280 e. The van der Waals surface area contributed by atoms with Crippen molar-refractivity contribution in [3.8, 4) is 0 Å². The van der Waals surface area contributed by atoms with Crippen LogP contribution in [-0.4, -0.2) is 26.6 Å². The summed E-state index contributed by atoms with van der Waals surface area (Å²) in [5.74, 6) is 0. The lowest BCUT2D eigenvalue weighted by Crippen LogP contribution is -2.15. The third-order valence-electron chi connectivity index (χ3n) is 4.22. The number of hydrogen-bond donors (Lipinski definition) is 2. The molecule has 0 fully saturated rings. The van der Waals surface area contributed by atoms with E-state index in [4.69, 9.17) is 11.6 Å². The van der Waals surface area contributed by atoms with E-state index >= 15 is 0 Å². The standard InChI is InChI=1S/C18H19ClN4O4S2/c1-12-18(13(2)23(3)20-12)29(26,27)22-16-8-10-17(11-9-16)28(24,25)21-15-6-4-14(19)5-7-15/h4-11,21-22H,1-3H3. The van der Waals surface area contributed by atoms with Gasteiger partial charge in [0.2, 0.25) is 0 Å². The molecule has 0 aliphatic rings. The highest BCUT2D eigenvalue weighted by atomic mass is 35.5. The van der Waals surface area contributed by atoms with Gasteiger partial charge in [0.05, 0.1) is 16.3 Å². The Kier molecular flexibility index (Phi) is 5.61. The fourth-order valence-corrected chi connectivity index (χ4v) is 5.47. The van der Waals surface area contributed by atoms with Gasteiger partial charge < -0.3 is 0 Å². The zero-order valence-electron chi connectivity index (χ0n) is 15.8. The van der Waals surface area contributed by atoms with Gasteiger partial charge in [0.15, 0.2) is 0 Å². The molecule has 0 spiro atoms. The van der Waals surface area contributed by atoms with E-state index in [2.05, 4.69) is 14.5 Å². The fraction of sp³-hybridized carbons (Fsp3) is 0.167. The van der Waals surface area contributed by atoms with E-state index in [1.54, 1.807) is 45.2 Å². The monoisotopic (exact) mass is 454 g/mol. The molecule has 11 heteroatoms. The second-order valence-corrected chi connectivity index (χ2v) is 10.1. The molecular formula is C18H19ClN4O4S2. The van der Waals surface area contributed by atoms with Crippen molar-refractivity contribution in [3.63, 3.8) is 0 Å². The molecule has 0 unspecified atom stereocenters. The summed E-state index contributed by atoms with van der Waals surface area (Å²) in [6, 6.07) is 11.6. The number of aryl methyl sites for hydroxylation is 2. The minimum Gasteiger partial charge on any atom is -0.280 e. The van der Waals surface area contributed by atoms with Crippen LogP contribution < -0.4 is 9.44 Å². The minimum absolute atomic E-state index is 0.0101. The molecule has 3 rings (SSSR count). The third-order valence-corrected chi connectivity index (χ3v) is 7.51. The molecule has 0 radical (unpaired) electrons. The van der Waals surface area contributed by atoms with Gasteiger partial charge in [0, 0.05) is 23.4 Å². The van der Waals surface area contributed by atoms with Crippen molar-refractivity contribution in [2.24, 2.45) is 7.05 Å². The van der Waals surface area contributed by atoms with Gasteiger partial charge in [-0.05, 0) is 62.4 Å². The molecule has 29 heavy (non-hydrogen) atoms. The minimum atomic E-state index is -3.87. The molecule has 0 saturated heterocycles. The number of aromatic nitrogens is 2. The predicted molar refractivity (Wildman–Crippen MR) is 112 cm³/mol. The maximum atomic E-state index is 12.7. The predicted octanol–water partition coefficient (Wildman–Crippen LogP) is 3.29. The lowest BCUT2D eigenvalue weighted by molar-refractivity contribution is 0.599. The van der Waals surface area contributed by atoms with Crippen molar-refractivity contribution in [1.82, 2.24) is 9.78 Å². The fourth-order valence-electron chi connectivity index (χ4n) is 2.78. The summed E-state index contributed by atoms with van der Waals surface area (Å²) in [7, 11) is -6.04. The van der Waals surface area contributed by atoms with Gasteiger partial charge in [-0.25, -0.2) is 16.8 Å². The quantitative estimate of drug-likeness (QED) is 0.593. The van der Waals surface area contributed by atoms with Crippen molar-refractivity contribution in [2.45, 2.75) is 23.6 Å². The Morgan fingerprint density at radius 2 is 1.31 bits per heavy atom. The molecule has 1 aromatic heterocycles. The Morgan fingerprint density at radius 1 is 0.828 bits per heavy atom. The molecule has 154 valence electrons. The average Bonchev–Trinajstić information content (AvgIpc) is 2.89. The lowest BCUT2D eigenvalue weighted by Gasteiger charge is -2.11. The van der Waals surface area contributed by atoms with E-state index in [9.17, 15) is 16.8 Å². The first-order chi connectivity index (χ1) is 13.5. The summed E-state index contributed by atoms with van der Waals surface area (Å²) in [4.78, 5) is 0.0882. The van der Waals surface area contributed by atoms with Crippen molar-refractivity contribution < 1.29 is 16.8 Å². The van der Waals surface area contributed by atoms with Crippen LogP contribution in [0.5, 0.6) is 0 Å². The van der Waals surface area contributed by atoms with Crippen molar-refractivity contribution in [1.29, 1.82) is 0 Å². The van der Waals surface area contributed by atoms with Crippen LogP contribution >= 0.6 is 11.6 Å². The van der Waals surface area contributed by atoms with Gasteiger partial charge in [-0.15, -0.1) is 0 Å². The number of benzene rings is 2. The third kappa shape index (κ3) is 4.55. The molecule has 0 bridgehead atoms. The van der Waals surface area contributed by atoms with E-state index in [0.29, 0.717) is 22.1 Å². The molecule has 8 nitrogen and oxygen atoms in total. The van der Waals surface area contributed by atoms with E-state index in [0.717, 1.165) is 0 Å². The Labute approximate surface area is 174 Å². The number of rotatable bonds is 6. The number of halogens is 1. The van der Waals surface area contributed by atoms with Crippen molar-refractivity contribution >= 4 is 43.0 Å². The van der Waals surface area contributed by atoms with Gasteiger partial charge in [0.25, 0.3) is 20.0 Å². The number of nitrogens with one attached hydrogen (secondary N) is 2. The van der Waals surface area contributed by atoms with Crippen LogP contribution in [0.25, 0.3) is 0 Å². The first-order valence-corrected chi connectivity index (χ1v) is 11.8. The summed E-state index contributed by atoms with van der Waals surface area (Å²) in [5, 5.41) is 4.60. The summed E-state index contributed by atoms with van der Waals surface area (Å²) >= 11 is 5.80. The van der Waals surface area contributed by atoms with Crippen LogP contribution in [0.4, 0.5) is 11.4 Å². The summed E-state index contributed by atoms with van der Waals surface area (Å²) in [5.41, 5.74) is 1.48. The zero-order valence-corrected chi connectivity index (χ0v) is 18.2. The first kappa shape index (κ1) is 21.2. The molecule has 0 aliphatic carbocycles. The van der Waals surface area contributed by atoms with Crippen LogP contribution in [0, 0.1) is 13.8 Å². The highest BCUT2D eigenvalue weighted by molar-refractivity contribution is 7.93. The van der Waals surface area contributed by atoms with E-state index < -0.39 is 20.0 Å². The highest BCUT2D eigenvalue weighted by Gasteiger charge is 2.24. The van der Waals surface area contributed by atoms with E-state index in [1.165, 1.54) is 28.9 Å². The van der Waals surface area contributed by atoms with Crippen molar-refractivity contribution in [3.05, 3.63) is 64.9 Å². The van der Waals surface area contributed by atoms with Crippen LogP contribution in [0.2, 0.25) is 5.02 Å². The molecule has 0 amide bonds. The molecule has 2 N–H and O–H groups in total. The van der Waals surface area contributed by atoms with Gasteiger partial charge >= 0.3 is 0 Å². The molecule has 0 saturated carbocycles. The molecular weight excluding hydrogens is 436 g/mol. The Balaban J connectivity index is 1.82. The lowest BCUT2D eigenvalue weighted by atomic mass is 10.3.